The molecule has 0 aliphatic carbocycles. The molecule has 1 aliphatic rings. The molecule has 0 saturated heterocycles. The fraction of sp³-hybridized carbons (Fsp3) is 0.400. The van der Waals surface area contributed by atoms with Crippen molar-refractivity contribution in [1.29, 1.82) is 0 Å². The number of ether oxygens (including phenoxy) is 1. The Labute approximate surface area is 179 Å². The number of hydrogen-bond acceptors (Lipinski definition) is 5. The van der Waals surface area contributed by atoms with Crippen molar-refractivity contribution >= 4 is 35.2 Å². The molecular weight excluding hydrogens is 412 g/mol. The molecule has 1 aromatic carbocycles. The summed E-state index contributed by atoms with van der Waals surface area (Å²) in [5, 5.41) is 7.78. The number of aromatic nitrogens is 3. The number of thiophene rings is 1. The molecule has 1 aliphatic heterocycles. The van der Waals surface area contributed by atoms with Gasteiger partial charge in [-0.15, -0.1) is 11.3 Å². The van der Waals surface area contributed by atoms with Gasteiger partial charge in [-0.3, -0.25) is 9.47 Å². The summed E-state index contributed by atoms with van der Waals surface area (Å²) in [5.41, 5.74) is 2.45. The van der Waals surface area contributed by atoms with Crippen molar-refractivity contribution in [3.05, 3.63) is 55.9 Å². The van der Waals surface area contributed by atoms with Crippen LogP contribution in [0.15, 0.2) is 35.7 Å². The van der Waals surface area contributed by atoms with Crippen LogP contribution in [-0.2, 0) is 30.9 Å². The van der Waals surface area contributed by atoms with Gasteiger partial charge in [0.25, 0.3) is 0 Å². The van der Waals surface area contributed by atoms with Crippen molar-refractivity contribution in [3.8, 4) is 11.4 Å². The van der Waals surface area contributed by atoms with Crippen LogP contribution in [-0.4, -0.2) is 39.5 Å². The molecule has 3 heterocycles. The Morgan fingerprint density at radius 2 is 2.07 bits per heavy atom. The molecule has 0 atom stereocenters. The minimum atomic E-state index is 0.695. The summed E-state index contributed by atoms with van der Waals surface area (Å²) in [6.45, 7) is 4.15. The van der Waals surface area contributed by atoms with Crippen LogP contribution in [0.3, 0.4) is 0 Å². The first kappa shape index (κ1) is 19.8. The minimum absolute atomic E-state index is 0.695. The summed E-state index contributed by atoms with van der Waals surface area (Å²) in [5.74, 6) is 0.881. The SMILES string of the molecule is COCCCn1c(-c2ccc(Cl)cc2)nn(CN2CCc3sccc3C2)c1=S. The van der Waals surface area contributed by atoms with Crippen LogP contribution in [0.5, 0.6) is 0 Å². The van der Waals surface area contributed by atoms with E-state index in [4.69, 9.17) is 33.7 Å². The Kier molecular flexibility index (Phi) is 6.28. The summed E-state index contributed by atoms with van der Waals surface area (Å²) in [4.78, 5) is 3.91. The van der Waals surface area contributed by atoms with Crippen molar-refractivity contribution in [3.63, 3.8) is 0 Å². The normalized spacial score (nSPS) is 14.4. The molecule has 0 spiro atoms. The van der Waals surface area contributed by atoms with E-state index in [9.17, 15) is 0 Å². The average Bonchev–Trinajstić information content (AvgIpc) is 3.28. The molecule has 0 amide bonds. The lowest BCUT2D eigenvalue weighted by molar-refractivity contribution is 0.186. The van der Waals surface area contributed by atoms with Gasteiger partial charge in [0.05, 0.1) is 6.67 Å². The van der Waals surface area contributed by atoms with Gasteiger partial charge in [0.15, 0.2) is 10.6 Å². The van der Waals surface area contributed by atoms with Crippen LogP contribution < -0.4 is 0 Å². The maximum absolute atomic E-state index is 6.06. The third kappa shape index (κ3) is 4.23. The average molecular weight is 435 g/mol. The van der Waals surface area contributed by atoms with Gasteiger partial charge in [0, 0.05) is 48.8 Å². The van der Waals surface area contributed by atoms with Crippen LogP contribution in [0.25, 0.3) is 11.4 Å². The van der Waals surface area contributed by atoms with Gasteiger partial charge in [0.2, 0.25) is 0 Å². The van der Waals surface area contributed by atoms with E-state index in [1.165, 1.54) is 10.4 Å². The first-order valence-corrected chi connectivity index (χ1v) is 11.0. The van der Waals surface area contributed by atoms with Crippen LogP contribution in [0.4, 0.5) is 0 Å². The van der Waals surface area contributed by atoms with Crippen molar-refractivity contribution in [2.45, 2.75) is 32.6 Å². The maximum Gasteiger partial charge on any atom is 0.199 e. The molecule has 148 valence electrons. The number of nitrogens with zero attached hydrogens (tertiary/aromatic N) is 4. The van der Waals surface area contributed by atoms with Crippen LogP contribution >= 0.6 is 35.2 Å². The fourth-order valence-corrected chi connectivity index (χ4v) is 4.82. The summed E-state index contributed by atoms with van der Waals surface area (Å²) in [6, 6.07) is 10.0. The van der Waals surface area contributed by atoms with Gasteiger partial charge in [-0.1, -0.05) is 11.6 Å². The maximum atomic E-state index is 6.06. The standard InChI is InChI=1S/C20H23ClN4OS2/c1-26-11-2-9-24-19(15-3-5-17(21)6-4-15)22-25(20(24)27)14-23-10-7-18-16(13-23)8-12-28-18/h3-6,8,12H,2,7,9-11,13-14H2,1H3. The van der Waals surface area contributed by atoms with Gasteiger partial charge >= 0.3 is 0 Å². The number of methoxy groups -OCH3 is 1. The van der Waals surface area contributed by atoms with Crippen LogP contribution in [0.2, 0.25) is 5.02 Å². The Balaban J connectivity index is 1.61. The highest BCUT2D eigenvalue weighted by atomic mass is 35.5. The molecule has 0 N–H and O–H groups in total. The van der Waals surface area contributed by atoms with E-state index in [2.05, 4.69) is 20.9 Å². The molecule has 2 aromatic heterocycles. The third-order valence-corrected chi connectivity index (χ3v) is 6.68. The lowest BCUT2D eigenvalue weighted by atomic mass is 10.1. The molecule has 4 rings (SSSR count). The number of halogens is 1. The molecule has 0 radical (unpaired) electrons. The summed E-state index contributed by atoms with van der Waals surface area (Å²) in [6.07, 6.45) is 1.98. The van der Waals surface area contributed by atoms with Crippen molar-refractivity contribution in [2.24, 2.45) is 0 Å². The lowest BCUT2D eigenvalue weighted by Gasteiger charge is -2.26. The fourth-order valence-electron chi connectivity index (χ4n) is 3.53. The Hall–Kier alpha value is -1.51. The number of hydrogen-bond donors (Lipinski definition) is 0. The molecule has 0 unspecified atom stereocenters. The first-order valence-electron chi connectivity index (χ1n) is 9.36. The monoisotopic (exact) mass is 434 g/mol. The zero-order valence-electron chi connectivity index (χ0n) is 15.8. The minimum Gasteiger partial charge on any atom is -0.385 e. The topological polar surface area (TPSA) is 35.2 Å². The van der Waals surface area contributed by atoms with E-state index in [1.807, 2.05) is 40.3 Å². The van der Waals surface area contributed by atoms with Gasteiger partial charge in [0.1, 0.15) is 0 Å². The summed E-state index contributed by atoms with van der Waals surface area (Å²) < 4.78 is 10.0. The van der Waals surface area contributed by atoms with E-state index in [0.29, 0.717) is 18.3 Å². The van der Waals surface area contributed by atoms with E-state index < -0.39 is 0 Å². The lowest BCUT2D eigenvalue weighted by Crippen LogP contribution is -2.32. The Morgan fingerprint density at radius 3 is 2.86 bits per heavy atom. The predicted molar refractivity (Wildman–Crippen MR) is 116 cm³/mol. The quantitative estimate of drug-likeness (QED) is 0.393. The van der Waals surface area contributed by atoms with Crippen molar-refractivity contribution < 1.29 is 4.74 Å². The zero-order chi connectivity index (χ0) is 19.5. The largest absolute Gasteiger partial charge is 0.385 e. The van der Waals surface area contributed by atoms with E-state index in [-0.39, 0.29) is 0 Å². The summed E-state index contributed by atoms with van der Waals surface area (Å²) in [7, 11) is 1.72. The van der Waals surface area contributed by atoms with Crippen LogP contribution in [0, 0.1) is 4.77 Å². The second-order valence-corrected chi connectivity index (χ2v) is 8.73. The molecule has 3 aromatic rings. The predicted octanol–water partition coefficient (Wildman–Crippen LogP) is 4.85. The highest BCUT2D eigenvalue weighted by Gasteiger charge is 2.20. The van der Waals surface area contributed by atoms with E-state index >= 15 is 0 Å². The zero-order valence-corrected chi connectivity index (χ0v) is 18.2. The van der Waals surface area contributed by atoms with Gasteiger partial charge in [-0.2, -0.15) is 5.10 Å². The summed E-state index contributed by atoms with van der Waals surface area (Å²) >= 11 is 13.7. The third-order valence-electron chi connectivity index (χ3n) is 4.98. The second kappa shape index (κ2) is 8.88. The Bertz CT molecular complexity index is 993. The highest BCUT2D eigenvalue weighted by molar-refractivity contribution is 7.71. The molecule has 0 saturated carbocycles. The van der Waals surface area contributed by atoms with E-state index in [1.54, 1.807) is 7.11 Å². The smallest absolute Gasteiger partial charge is 0.199 e. The number of rotatable bonds is 7. The van der Waals surface area contributed by atoms with Gasteiger partial charge in [-0.25, -0.2) is 4.68 Å². The second-order valence-electron chi connectivity index (χ2n) is 6.92. The first-order chi connectivity index (χ1) is 13.7. The molecule has 0 bridgehead atoms. The molecule has 0 fully saturated rings. The van der Waals surface area contributed by atoms with Crippen molar-refractivity contribution in [1.82, 2.24) is 19.2 Å². The molecule has 5 nitrogen and oxygen atoms in total. The van der Waals surface area contributed by atoms with Crippen LogP contribution in [0.1, 0.15) is 16.9 Å². The van der Waals surface area contributed by atoms with Crippen molar-refractivity contribution in [2.75, 3.05) is 20.3 Å². The molecule has 28 heavy (non-hydrogen) atoms. The number of benzene rings is 1. The van der Waals surface area contributed by atoms with E-state index in [0.717, 1.165) is 48.6 Å². The number of fused-ring (bicyclic) bond motifs is 1. The van der Waals surface area contributed by atoms with Gasteiger partial charge < -0.3 is 4.74 Å². The highest BCUT2D eigenvalue weighted by Crippen LogP contribution is 2.25. The van der Waals surface area contributed by atoms with Gasteiger partial charge in [-0.05, 0) is 66.3 Å². The Morgan fingerprint density at radius 1 is 1.25 bits per heavy atom. The molecular formula is C20H23ClN4OS2. The molecule has 8 heteroatoms.